The molecule has 1 atom stereocenters. The van der Waals surface area contributed by atoms with E-state index in [1.807, 2.05) is 24.3 Å². The summed E-state index contributed by atoms with van der Waals surface area (Å²) < 4.78 is 5.07. The van der Waals surface area contributed by atoms with E-state index in [2.05, 4.69) is 10.6 Å². The average molecular weight is 313 g/mol. The summed E-state index contributed by atoms with van der Waals surface area (Å²) in [6.07, 6.45) is 2.83. The Morgan fingerprint density at radius 2 is 2.05 bits per heavy atom. The van der Waals surface area contributed by atoms with Crippen molar-refractivity contribution in [2.24, 2.45) is 5.92 Å². The van der Waals surface area contributed by atoms with Crippen molar-refractivity contribution in [1.82, 2.24) is 10.6 Å². The Morgan fingerprint density at radius 1 is 1.33 bits per heavy atom. The van der Waals surface area contributed by atoms with Crippen molar-refractivity contribution < 1.29 is 9.53 Å². The molecule has 5 heteroatoms. The molecule has 2 N–H and O–H groups in total. The molecule has 1 unspecified atom stereocenters. The Bertz CT molecular complexity index is 417. The third-order valence-corrected chi connectivity index (χ3v) is 3.77. The molecule has 21 heavy (non-hydrogen) atoms. The first-order valence-corrected chi connectivity index (χ1v) is 7.32. The molecular weight excluding hydrogens is 288 g/mol. The summed E-state index contributed by atoms with van der Waals surface area (Å²) in [6.45, 7) is 3.39. The van der Waals surface area contributed by atoms with E-state index >= 15 is 0 Å². The highest BCUT2D eigenvalue weighted by Gasteiger charge is 2.15. The SMILES string of the molecule is COCc1ccc(CNC(=O)CCC2CCNC2)cc1.Cl. The topological polar surface area (TPSA) is 50.4 Å². The Kier molecular flexibility index (Phi) is 8.35. The van der Waals surface area contributed by atoms with Crippen LogP contribution < -0.4 is 10.6 Å². The van der Waals surface area contributed by atoms with Gasteiger partial charge in [0.2, 0.25) is 5.91 Å². The number of halogens is 1. The van der Waals surface area contributed by atoms with Crippen LogP contribution in [0, 0.1) is 5.92 Å². The normalized spacial score (nSPS) is 17.3. The Hall–Kier alpha value is -1.10. The maximum absolute atomic E-state index is 11.8. The predicted molar refractivity (Wildman–Crippen MR) is 86.5 cm³/mol. The molecule has 2 rings (SSSR count). The fourth-order valence-corrected chi connectivity index (χ4v) is 2.51. The summed E-state index contributed by atoms with van der Waals surface area (Å²) in [5.41, 5.74) is 2.28. The highest BCUT2D eigenvalue weighted by Crippen LogP contribution is 2.14. The zero-order valence-electron chi connectivity index (χ0n) is 12.6. The second-order valence-electron chi connectivity index (χ2n) is 5.42. The number of amides is 1. The van der Waals surface area contributed by atoms with Gasteiger partial charge < -0.3 is 15.4 Å². The second-order valence-corrected chi connectivity index (χ2v) is 5.42. The third kappa shape index (κ3) is 6.46. The van der Waals surface area contributed by atoms with Crippen molar-refractivity contribution in [2.75, 3.05) is 20.2 Å². The van der Waals surface area contributed by atoms with Crippen molar-refractivity contribution in [2.45, 2.75) is 32.4 Å². The van der Waals surface area contributed by atoms with Gasteiger partial charge in [0.05, 0.1) is 6.61 Å². The van der Waals surface area contributed by atoms with Crippen molar-refractivity contribution in [3.05, 3.63) is 35.4 Å². The molecule has 1 aromatic rings. The van der Waals surface area contributed by atoms with E-state index in [1.54, 1.807) is 7.11 Å². The monoisotopic (exact) mass is 312 g/mol. The Balaban J connectivity index is 0.00000220. The molecule has 1 aliphatic rings. The summed E-state index contributed by atoms with van der Waals surface area (Å²) >= 11 is 0. The number of methoxy groups -OCH3 is 1. The minimum atomic E-state index is 0. The second kappa shape index (κ2) is 9.77. The van der Waals surface area contributed by atoms with Gasteiger partial charge in [0.25, 0.3) is 0 Å². The van der Waals surface area contributed by atoms with Gasteiger partial charge in [0, 0.05) is 20.1 Å². The van der Waals surface area contributed by atoms with Gasteiger partial charge in [-0.2, -0.15) is 0 Å². The van der Waals surface area contributed by atoms with Gasteiger partial charge in [-0.05, 0) is 43.0 Å². The largest absolute Gasteiger partial charge is 0.380 e. The fourth-order valence-electron chi connectivity index (χ4n) is 2.51. The number of ether oxygens (including phenoxy) is 1. The molecule has 118 valence electrons. The molecule has 1 aliphatic heterocycles. The van der Waals surface area contributed by atoms with Crippen LogP contribution in [0.15, 0.2) is 24.3 Å². The van der Waals surface area contributed by atoms with E-state index in [4.69, 9.17) is 4.74 Å². The van der Waals surface area contributed by atoms with Gasteiger partial charge in [-0.15, -0.1) is 12.4 Å². The summed E-state index contributed by atoms with van der Waals surface area (Å²) in [5, 5.41) is 6.31. The Morgan fingerprint density at radius 3 is 2.67 bits per heavy atom. The van der Waals surface area contributed by atoms with E-state index in [1.165, 1.54) is 6.42 Å². The van der Waals surface area contributed by atoms with Crippen molar-refractivity contribution in [3.8, 4) is 0 Å². The predicted octanol–water partition coefficient (Wildman–Crippen LogP) is 2.26. The summed E-state index contributed by atoms with van der Waals surface area (Å²) in [7, 11) is 1.69. The minimum absolute atomic E-state index is 0. The summed E-state index contributed by atoms with van der Waals surface area (Å²) in [6, 6.07) is 8.15. The van der Waals surface area contributed by atoms with Crippen molar-refractivity contribution in [3.63, 3.8) is 0 Å². The van der Waals surface area contributed by atoms with Crippen LogP contribution in [0.25, 0.3) is 0 Å². The number of hydrogen-bond donors (Lipinski definition) is 2. The van der Waals surface area contributed by atoms with E-state index in [0.29, 0.717) is 25.5 Å². The Labute approximate surface area is 133 Å². The van der Waals surface area contributed by atoms with Gasteiger partial charge in [0.1, 0.15) is 0 Å². The number of nitrogens with one attached hydrogen (secondary N) is 2. The zero-order chi connectivity index (χ0) is 14.2. The molecule has 1 amide bonds. The summed E-state index contributed by atoms with van der Waals surface area (Å²) in [5.74, 6) is 0.826. The molecule has 1 saturated heterocycles. The summed E-state index contributed by atoms with van der Waals surface area (Å²) in [4.78, 5) is 11.8. The first-order valence-electron chi connectivity index (χ1n) is 7.32. The lowest BCUT2D eigenvalue weighted by atomic mass is 10.0. The smallest absolute Gasteiger partial charge is 0.220 e. The maximum atomic E-state index is 11.8. The number of hydrogen-bond acceptors (Lipinski definition) is 3. The molecule has 0 saturated carbocycles. The zero-order valence-corrected chi connectivity index (χ0v) is 13.4. The fraction of sp³-hybridized carbons (Fsp3) is 0.562. The van der Waals surface area contributed by atoms with Crippen LogP contribution >= 0.6 is 12.4 Å². The molecule has 0 radical (unpaired) electrons. The van der Waals surface area contributed by atoms with E-state index < -0.39 is 0 Å². The molecule has 0 aliphatic carbocycles. The first kappa shape index (κ1) is 18.0. The highest BCUT2D eigenvalue weighted by atomic mass is 35.5. The molecule has 4 nitrogen and oxygen atoms in total. The first-order chi connectivity index (χ1) is 9.78. The molecule has 1 aromatic carbocycles. The molecule has 0 bridgehead atoms. The minimum Gasteiger partial charge on any atom is -0.380 e. The molecule has 1 heterocycles. The molecule has 1 fully saturated rings. The van der Waals surface area contributed by atoms with Crippen LogP contribution in [-0.2, 0) is 22.7 Å². The quantitative estimate of drug-likeness (QED) is 0.812. The lowest BCUT2D eigenvalue weighted by Crippen LogP contribution is -2.23. The van der Waals surface area contributed by atoms with Gasteiger partial charge in [0.15, 0.2) is 0 Å². The standard InChI is InChI=1S/C16H24N2O2.ClH/c1-20-12-15-4-2-13(3-5-15)11-18-16(19)7-6-14-8-9-17-10-14;/h2-5,14,17H,6-12H2,1H3,(H,18,19);1H. The number of carbonyl (C=O) groups excluding carboxylic acids is 1. The number of rotatable bonds is 7. The van der Waals surface area contributed by atoms with Gasteiger partial charge in [-0.25, -0.2) is 0 Å². The van der Waals surface area contributed by atoms with E-state index in [0.717, 1.165) is 30.6 Å². The van der Waals surface area contributed by atoms with Crippen molar-refractivity contribution >= 4 is 18.3 Å². The highest BCUT2D eigenvalue weighted by molar-refractivity contribution is 5.85. The van der Waals surface area contributed by atoms with Gasteiger partial charge >= 0.3 is 0 Å². The third-order valence-electron chi connectivity index (χ3n) is 3.77. The van der Waals surface area contributed by atoms with Gasteiger partial charge in [-0.1, -0.05) is 24.3 Å². The lowest BCUT2D eigenvalue weighted by molar-refractivity contribution is -0.121. The molecule has 0 spiro atoms. The van der Waals surface area contributed by atoms with E-state index in [9.17, 15) is 4.79 Å². The van der Waals surface area contributed by atoms with Crippen molar-refractivity contribution in [1.29, 1.82) is 0 Å². The van der Waals surface area contributed by atoms with Gasteiger partial charge in [-0.3, -0.25) is 4.79 Å². The van der Waals surface area contributed by atoms with Crippen LogP contribution in [-0.4, -0.2) is 26.1 Å². The van der Waals surface area contributed by atoms with E-state index in [-0.39, 0.29) is 18.3 Å². The van der Waals surface area contributed by atoms with Crippen LogP contribution in [0.1, 0.15) is 30.4 Å². The van der Waals surface area contributed by atoms with Crippen LogP contribution in [0.4, 0.5) is 0 Å². The maximum Gasteiger partial charge on any atom is 0.220 e. The van der Waals surface area contributed by atoms with Crippen LogP contribution in [0.2, 0.25) is 0 Å². The average Bonchev–Trinajstić information content (AvgIpc) is 2.98. The number of benzene rings is 1. The van der Waals surface area contributed by atoms with Crippen LogP contribution in [0.3, 0.4) is 0 Å². The number of carbonyl (C=O) groups is 1. The molecular formula is C16H25ClN2O2. The lowest BCUT2D eigenvalue weighted by Gasteiger charge is -2.09. The molecule has 0 aromatic heterocycles. The van der Waals surface area contributed by atoms with Crippen LogP contribution in [0.5, 0.6) is 0 Å².